The summed E-state index contributed by atoms with van der Waals surface area (Å²) in [6.45, 7) is 2.03. The van der Waals surface area contributed by atoms with Gasteiger partial charge >= 0.3 is 5.97 Å². The van der Waals surface area contributed by atoms with Gasteiger partial charge in [-0.2, -0.15) is 11.8 Å². The SMILES string of the molecule is CSCC[C@H](NC(=O)c1ccc(CCc2ccc3ccccc3c2)cc1-c1ccccc1C)C(=O)O. The Morgan fingerprint density at radius 1 is 0.833 bits per heavy atom. The Kier molecular flexibility index (Phi) is 8.44. The molecule has 36 heavy (non-hydrogen) atoms. The molecular formula is C31H31NO3S. The van der Waals surface area contributed by atoms with E-state index in [0.29, 0.717) is 17.7 Å². The Hall–Kier alpha value is -3.57. The van der Waals surface area contributed by atoms with E-state index >= 15 is 0 Å². The van der Waals surface area contributed by atoms with Crippen molar-refractivity contribution in [1.82, 2.24) is 5.32 Å². The van der Waals surface area contributed by atoms with Gasteiger partial charge in [-0.25, -0.2) is 4.79 Å². The quantitative estimate of drug-likeness (QED) is 0.261. The minimum atomic E-state index is -1.01. The van der Waals surface area contributed by atoms with Gasteiger partial charge < -0.3 is 10.4 Å². The Labute approximate surface area is 216 Å². The number of benzene rings is 4. The lowest BCUT2D eigenvalue weighted by atomic mass is 9.92. The number of carboxylic acid groups (broad SMARTS) is 1. The van der Waals surface area contributed by atoms with E-state index in [-0.39, 0.29) is 5.91 Å². The van der Waals surface area contributed by atoms with E-state index in [0.717, 1.165) is 35.1 Å². The summed E-state index contributed by atoms with van der Waals surface area (Å²) in [5.74, 6) is -0.708. The van der Waals surface area contributed by atoms with E-state index in [1.54, 1.807) is 11.8 Å². The van der Waals surface area contributed by atoms with E-state index < -0.39 is 12.0 Å². The third-order valence-corrected chi connectivity index (χ3v) is 7.14. The van der Waals surface area contributed by atoms with Crippen LogP contribution in [-0.2, 0) is 17.6 Å². The molecule has 4 nitrogen and oxygen atoms in total. The van der Waals surface area contributed by atoms with Crippen molar-refractivity contribution in [3.8, 4) is 11.1 Å². The van der Waals surface area contributed by atoms with Gasteiger partial charge in [0.1, 0.15) is 6.04 Å². The topological polar surface area (TPSA) is 66.4 Å². The number of carboxylic acids is 1. The van der Waals surface area contributed by atoms with Crippen LogP contribution in [0.15, 0.2) is 84.9 Å². The van der Waals surface area contributed by atoms with Crippen molar-refractivity contribution in [3.05, 3.63) is 107 Å². The lowest BCUT2D eigenvalue weighted by Gasteiger charge is -2.18. The highest BCUT2D eigenvalue weighted by molar-refractivity contribution is 7.98. The van der Waals surface area contributed by atoms with Crippen molar-refractivity contribution in [1.29, 1.82) is 0 Å². The average Bonchev–Trinajstić information content (AvgIpc) is 2.89. The molecule has 0 bridgehead atoms. The number of carbonyl (C=O) groups is 2. The van der Waals surface area contributed by atoms with Crippen LogP contribution >= 0.6 is 11.8 Å². The second-order valence-electron chi connectivity index (χ2n) is 9.02. The Morgan fingerprint density at radius 3 is 2.22 bits per heavy atom. The van der Waals surface area contributed by atoms with Crippen LogP contribution in [0.2, 0.25) is 0 Å². The normalized spacial score (nSPS) is 11.8. The van der Waals surface area contributed by atoms with Crippen LogP contribution in [0.5, 0.6) is 0 Å². The lowest BCUT2D eigenvalue weighted by Crippen LogP contribution is -2.41. The van der Waals surface area contributed by atoms with Gasteiger partial charge in [-0.3, -0.25) is 4.79 Å². The Balaban J connectivity index is 1.61. The van der Waals surface area contributed by atoms with Crippen molar-refractivity contribution in [2.24, 2.45) is 0 Å². The summed E-state index contributed by atoms with van der Waals surface area (Å²) in [5.41, 5.74) is 5.77. The summed E-state index contributed by atoms with van der Waals surface area (Å²) in [6.07, 6.45) is 4.03. The number of carbonyl (C=O) groups excluding carboxylic acids is 1. The van der Waals surface area contributed by atoms with Crippen molar-refractivity contribution >= 4 is 34.4 Å². The molecule has 4 aromatic carbocycles. The van der Waals surface area contributed by atoms with Gasteiger partial charge in [0.2, 0.25) is 0 Å². The van der Waals surface area contributed by atoms with E-state index in [1.807, 2.05) is 55.6 Å². The number of aryl methyl sites for hydroxylation is 3. The van der Waals surface area contributed by atoms with Gasteiger partial charge in [0, 0.05) is 5.56 Å². The van der Waals surface area contributed by atoms with Gasteiger partial charge in [0.25, 0.3) is 5.91 Å². The van der Waals surface area contributed by atoms with Gasteiger partial charge in [0.05, 0.1) is 0 Å². The number of hydrogen-bond donors (Lipinski definition) is 2. The maximum atomic E-state index is 13.3. The third kappa shape index (κ3) is 6.16. The van der Waals surface area contributed by atoms with Crippen LogP contribution in [-0.4, -0.2) is 35.0 Å². The van der Waals surface area contributed by atoms with Gasteiger partial charge in [-0.15, -0.1) is 0 Å². The number of fused-ring (bicyclic) bond motifs is 1. The predicted octanol–water partition coefficient (Wildman–Crippen LogP) is 6.54. The molecule has 0 aromatic heterocycles. The van der Waals surface area contributed by atoms with Gasteiger partial charge in [-0.1, -0.05) is 78.9 Å². The van der Waals surface area contributed by atoms with Crippen LogP contribution < -0.4 is 5.32 Å². The second kappa shape index (κ2) is 11.9. The first-order valence-corrected chi connectivity index (χ1v) is 13.5. The van der Waals surface area contributed by atoms with E-state index in [1.165, 1.54) is 16.3 Å². The molecule has 5 heteroatoms. The number of aliphatic carboxylic acids is 1. The molecule has 184 valence electrons. The van der Waals surface area contributed by atoms with E-state index in [9.17, 15) is 14.7 Å². The highest BCUT2D eigenvalue weighted by atomic mass is 32.2. The van der Waals surface area contributed by atoms with Crippen molar-refractivity contribution in [2.45, 2.75) is 32.2 Å². The zero-order valence-corrected chi connectivity index (χ0v) is 21.5. The van der Waals surface area contributed by atoms with Crippen LogP contribution in [0.4, 0.5) is 0 Å². The minimum Gasteiger partial charge on any atom is -0.480 e. The van der Waals surface area contributed by atoms with E-state index in [4.69, 9.17) is 0 Å². The van der Waals surface area contributed by atoms with Crippen LogP contribution in [0.25, 0.3) is 21.9 Å². The fourth-order valence-electron chi connectivity index (χ4n) is 4.45. The maximum Gasteiger partial charge on any atom is 0.326 e. The van der Waals surface area contributed by atoms with Crippen LogP contribution in [0, 0.1) is 6.92 Å². The standard InChI is InChI=1S/C31H31NO3S/c1-21-7-3-6-10-26(21)28-20-23(12-11-22-13-15-24-8-4-5-9-25(24)19-22)14-16-27(28)30(33)32-29(31(34)35)17-18-36-2/h3-10,13-16,19-20,29H,11-12,17-18H2,1-2H3,(H,32,33)(H,34,35)/t29-/m0/s1. The molecule has 0 fully saturated rings. The molecule has 0 aliphatic carbocycles. The molecule has 0 saturated carbocycles. The third-order valence-electron chi connectivity index (χ3n) is 6.49. The summed E-state index contributed by atoms with van der Waals surface area (Å²) in [7, 11) is 0. The second-order valence-corrected chi connectivity index (χ2v) is 10.0. The molecular weight excluding hydrogens is 466 g/mol. The first kappa shape index (κ1) is 25.5. The van der Waals surface area contributed by atoms with Crippen molar-refractivity contribution in [3.63, 3.8) is 0 Å². The van der Waals surface area contributed by atoms with Crippen LogP contribution in [0.1, 0.15) is 33.5 Å². The molecule has 1 amide bonds. The average molecular weight is 498 g/mol. The minimum absolute atomic E-state index is 0.358. The molecule has 0 radical (unpaired) electrons. The number of amides is 1. The zero-order valence-electron chi connectivity index (χ0n) is 20.7. The highest BCUT2D eigenvalue weighted by Gasteiger charge is 2.22. The first-order chi connectivity index (χ1) is 17.5. The molecule has 0 heterocycles. The molecule has 0 saturated heterocycles. The molecule has 0 unspecified atom stereocenters. The summed E-state index contributed by atoms with van der Waals surface area (Å²) in [5, 5.41) is 14.8. The molecule has 0 spiro atoms. The van der Waals surface area contributed by atoms with Crippen LogP contribution in [0.3, 0.4) is 0 Å². The molecule has 0 aliphatic rings. The molecule has 4 rings (SSSR count). The number of nitrogens with one attached hydrogen (secondary N) is 1. The summed E-state index contributed by atoms with van der Waals surface area (Å²) < 4.78 is 0. The summed E-state index contributed by atoms with van der Waals surface area (Å²) >= 11 is 1.56. The largest absolute Gasteiger partial charge is 0.480 e. The highest BCUT2D eigenvalue weighted by Crippen LogP contribution is 2.29. The predicted molar refractivity (Wildman–Crippen MR) is 150 cm³/mol. The molecule has 0 aliphatic heterocycles. The Bertz CT molecular complexity index is 1380. The number of hydrogen-bond acceptors (Lipinski definition) is 3. The number of rotatable bonds is 10. The lowest BCUT2D eigenvalue weighted by molar-refractivity contribution is -0.139. The van der Waals surface area contributed by atoms with Gasteiger partial charge in [-0.05, 0) is 82.9 Å². The van der Waals surface area contributed by atoms with E-state index in [2.05, 4.69) is 47.8 Å². The fraction of sp³-hybridized carbons (Fsp3) is 0.226. The number of thioether (sulfide) groups is 1. The fourth-order valence-corrected chi connectivity index (χ4v) is 4.93. The zero-order chi connectivity index (χ0) is 25.5. The molecule has 1 atom stereocenters. The summed E-state index contributed by atoms with van der Waals surface area (Å²) in [6, 6.07) is 27.9. The molecule has 4 aromatic rings. The maximum absolute atomic E-state index is 13.3. The monoisotopic (exact) mass is 497 g/mol. The molecule has 2 N–H and O–H groups in total. The summed E-state index contributed by atoms with van der Waals surface area (Å²) in [4.78, 5) is 25.0. The smallest absolute Gasteiger partial charge is 0.326 e. The van der Waals surface area contributed by atoms with Crippen molar-refractivity contribution in [2.75, 3.05) is 12.0 Å². The Morgan fingerprint density at radius 2 is 1.50 bits per heavy atom. The first-order valence-electron chi connectivity index (χ1n) is 12.2. The van der Waals surface area contributed by atoms with Crippen molar-refractivity contribution < 1.29 is 14.7 Å². The van der Waals surface area contributed by atoms with Gasteiger partial charge in [0.15, 0.2) is 0 Å².